The van der Waals surface area contributed by atoms with Crippen molar-refractivity contribution in [2.75, 3.05) is 5.32 Å². The van der Waals surface area contributed by atoms with Crippen molar-refractivity contribution in [1.29, 1.82) is 0 Å². The zero-order valence-corrected chi connectivity index (χ0v) is 13.4. The maximum atomic E-state index is 12.4. The average Bonchev–Trinajstić information content (AvgIpc) is 3.03. The van der Waals surface area contributed by atoms with Crippen LogP contribution in [0.15, 0.2) is 42.7 Å². The van der Waals surface area contributed by atoms with E-state index >= 15 is 0 Å². The summed E-state index contributed by atoms with van der Waals surface area (Å²) in [6.07, 6.45) is 3.20. The molecular weight excluding hydrogens is 306 g/mol. The normalized spacial score (nSPS) is 10.6. The minimum Gasteiger partial charge on any atom is -0.348 e. The van der Waals surface area contributed by atoms with Gasteiger partial charge in [0.15, 0.2) is 5.65 Å². The van der Waals surface area contributed by atoms with Crippen molar-refractivity contribution in [3.8, 4) is 0 Å². The molecule has 2 amide bonds. The Kier molecular flexibility index (Phi) is 4.24. The Morgan fingerprint density at radius 2 is 1.92 bits per heavy atom. The van der Waals surface area contributed by atoms with Gasteiger partial charge in [0.1, 0.15) is 0 Å². The van der Waals surface area contributed by atoms with E-state index in [0.29, 0.717) is 17.8 Å². The van der Waals surface area contributed by atoms with Gasteiger partial charge in [-0.2, -0.15) is 5.10 Å². The molecule has 2 heterocycles. The molecule has 24 heavy (non-hydrogen) atoms. The van der Waals surface area contributed by atoms with Crippen molar-refractivity contribution in [2.24, 2.45) is 0 Å². The maximum absolute atomic E-state index is 12.4. The molecule has 0 saturated heterocycles. The third kappa shape index (κ3) is 3.24. The van der Waals surface area contributed by atoms with Crippen LogP contribution in [0.1, 0.15) is 28.5 Å². The number of aryl methyl sites for hydroxylation is 1. The monoisotopic (exact) mass is 323 g/mol. The number of amides is 2. The molecule has 7 heteroatoms. The summed E-state index contributed by atoms with van der Waals surface area (Å²) in [6, 6.07) is 9.09. The van der Waals surface area contributed by atoms with Gasteiger partial charge in [-0.05, 0) is 24.6 Å². The summed E-state index contributed by atoms with van der Waals surface area (Å²) in [5, 5.41) is 9.72. The van der Waals surface area contributed by atoms with Crippen LogP contribution in [-0.2, 0) is 11.3 Å². The van der Waals surface area contributed by atoms with Gasteiger partial charge in [0.2, 0.25) is 5.91 Å². The first-order valence-corrected chi connectivity index (χ1v) is 7.48. The zero-order chi connectivity index (χ0) is 17.1. The third-order valence-electron chi connectivity index (χ3n) is 3.63. The second-order valence-corrected chi connectivity index (χ2v) is 5.42. The van der Waals surface area contributed by atoms with Gasteiger partial charge in [0.05, 0.1) is 17.5 Å². The summed E-state index contributed by atoms with van der Waals surface area (Å²) >= 11 is 0. The fourth-order valence-electron chi connectivity index (χ4n) is 2.40. The summed E-state index contributed by atoms with van der Waals surface area (Å²) in [7, 11) is 0. The van der Waals surface area contributed by atoms with E-state index in [-0.39, 0.29) is 11.8 Å². The molecule has 3 aromatic rings. The highest BCUT2D eigenvalue weighted by Crippen LogP contribution is 2.11. The lowest BCUT2D eigenvalue weighted by atomic mass is 10.2. The van der Waals surface area contributed by atoms with Gasteiger partial charge in [-0.3, -0.25) is 9.59 Å². The predicted octanol–water partition coefficient (Wildman–Crippen LogP) is 1.93. The van der Waals surface area contributed by atoms with Crippen molar-refractivity contribution in [3.05, 3.63) is 59.5 Å². The largest absolute Gasteiger partial charge is 0.348 e. The highest BCUT2D eigenvalue weighted by molar-refractivity contribution is 5.95. The van der Waals surface area contributed by atoms with E-state index in [1.54, 1.807) is 35.1 Å². The molecule has 0 saturated carbocycles. The van der Waals surface area contributed by atoms with Crippen LogP contribution in [0, 0.1) is 6.92 Å². The van der Waals surface area contributed by atoms with Gasteiger partial charge in [0, 0.05) is 31.4 Å². The Balaban J connectivity index is 1.68. The van der Waals surface area contributed by atoms with E-state index < -0.39 is 0 Å². The molecule has 0 bridgehead atoms. The van der Waals surface area contributed by atoms with Crippen LogP contribution in [0.5, 0.6) is 0 Å². The first kappa shape index (κ1) is 15.7. The summed E-state index contributed by atoms with van der Waals surface area (Å²) in [5.41, 5.74) is 3.59. The van der Waals surface area contributed by atoms with Crippen LogP contribution in [-0.4, -0.2) is 26.4 Å². The molecule has 3 rings (SSSR count). The molecule has 0 radical (unpaired) electrons. The Labute approximate surface area is 138 Å². The van der Waals surface area contributed by atoms with Crippen LogP contribution in [0.25, 0.3) is 5.65 Å². The number of hydrogen-bond donors (Lipinski definition) is 2. The fourth-order valence-corrected chi connectivity index (χ4v) is 2.40. The minimum atomic E-state index is -0.205. The summed E-state index contributed by atoms with van der Waals surface area (Å²) in [5.74, 6) is -0.323. The van der Waals surface area contributed by atoms with Crippen LogP contribution < -0.4 is 10.6 Å². The quantitative estimate of drug-likeness (QED) is 0.768. The Morgan fingerprint density at radius 1 is 1.17 bits per heavy atom. The number of anilines is 1. The van der Waals surface area contributed by atoms with Gasteiger partial charge in [-0.15, -0.1) is 0 Å². The lowest BCUT2D eigenvalue weighted by Crippen LogP contribution is -2.24. The molecular formula is C17H17N5O2. The third-order valence-corrected chi connectivity index (χ3v) is 3.63. The van der Waals surface area contributed by atoms with E-state index in [1.807, 2.05) is 19.1 Å². The topological polar surface area (TPSA) is 88.4 Å². The number of nitrogens with one attached hydrogen (secondary N) is 2. The smallest absolute Gasteiger partial charge is 0.254 e. The van der Waals surface area contributed by atoms with E-state index in [9.17, 15) is 9.59 Å². The van der Waals surface area contributed by atoms with Gasteiger partial charge in [0.25, 0.3) is 5.91 Å². The summed E-state index contributed by atoms with van der Waals surface area (Å²) in [6.45, 7) is 3.68. The van der Waals surface area contributed by atoms with Gasteiger partial charge < -0.3 is 10.6 Å². The number of fused-ring (bicyclic) bond motifs is 1. The predicted molar refractivity (Wildman–Crippen MR) is 89.6 cm³/mol. The average molecular weight is 323 g/mol. The van der Waals surface area contributed by atoms with Crippen LogP contribution in [0.2, 0.25) is 0 Å². The number of benzene rings is 1. The molecule has 0 aliphatic rings. The molecule has 0 fully saturated rings. The van der Waals surface area contributed by atoms with E-state index in [0.717, 1.165) is 16.9 Å². The molecule has 7 nitrogen and oxygen atoms in total. The number of nitrogens with zero attached hydrogens (tertiary/aromatic N) is 3. The Morgan fingerprint density at radius 3 is 2.62 bits per heavy atom. The SMILES string of the molecule is CC(=O)Nc1ccc(CNC(=O)c2cnc3ccnn3c2C)cc1. The van der Waals surface area contributed by atoms with E-state index in [2.05, 4.69) is 20.7 Å². The first-order chi connectivity index (χ1) is 11.5. The second-order valence-electron chi connectivity index (χ2n) is 5.42. The van der Waals surface area contributed by atoms with Crippen molar-refractivity contribution < 1.29 is 9.59 Å². The van der Waals surface area contributed by atoms with Crippen molar-refractivity contribution in [1.82, 2.24) is 19.9 Å². The molecule has 0 atom stereocenters. The molecule has 2 aromatic heterocycles. The maximum Gasteiger partial charge on any atom is 0.254 e. The van der Waals surface area contributed by atoms with Gasteiger partial charge in [-0.25, -0.2) is 9.50 Å². The Bertz CT molecular complexity index is 899. The molecule has 122 valence electrons. The van der Waals surface area contributed by atoms with Crippen molar-refractivity contribution in [3.63, 3.8) is 0 Å². The summed E-state index contributed by atoms with van der Waals surface area (Å²) < 4.78 is 1.64. The van der Waals surface area contributed by atoms with Gasteiger partial charge >= 0.3 is 0 Å². The van der Waals surface area contributed by atoms with Crippen LogP contribution in [0.3, 0.4) is 0 Å². The lowest BCUT2D eigenvalue weighted by molar-refractivity contribution is -0.114. The number of carbonyl (C=O) groups excluding carboxylic acids is 2. The van der Waals surface area contributed by atoms with Crippen molar-refractivity contribution >= 4 is 23.1 Å². The molecule has 0 aliphatic carbocycles. The highest BCUT2D eigenvalue weighted by Gasteiger charge is 2.12. The fraction of sp³-hybridized carbons (Fsp3) is 0.176. The van der Waals surface area contributed by atoms with Crippen LogP contribution in [0.4, 0.5) is 5.69 Å². The first-order valence-electron chi connectivity index (χ1n) is 7.48. The molecule has 2 N–H and O–H groups in total. The highest BCUT2D eigenvalue weighted by atomic mass is 16.2. The number of aromatic nitrogens is 3. The standard InChI is InChI=1S/C17H17N5O2/c1-11-15(10-18-16-7-8-20-22(11)16)17(24)19-9-13-3-5-14(6-4-13)21-12(2)23/h3-8,10H,9H2,1-2H3,(H,19,24)(H,21,23). The van der Waals surface area contributed by atoms with Crippen molar-refractivity contribution in [2.45, 2.75) is 20.4 Å². The van der Waals surface area contributed by atoms with Gasteiger partial charge in [-0.1, -0.05) is 12.1 Å². The second kappa shape index (κ2) is 6.49. The number of hydrogen-bond acceptors (Lipinski definition) is 4. The molecule has 0 aliphatic heterocycles. The van der Waals surface area contributed by atoms with E-state index in [4.69, 9.17) is 0 Å². The number of rotatable bonds is 4. The van der Waals surface area contributed by atoms with E-state index in [1.165, 1.54) is 6.92 Å². The molecule has 1 aromatic carbocycles. The summed E-state index contributed by atoms with van der Waals surface area (Å²) in [4.78, 5) is 27.6. The minimum absolute atomic E-state index is 0.118. The molecule has 0 unspecified atom stereocenters. The zero-order valence-electron chi connectivity index (χ0n) is 13.4. The molecule has 0 spiro atoms. The van der Waals surface area contributed by atoms with Crippen LogP contribution >= 0.6 is 0 Å². The lowest BCUT2D eigenvalue weighted by Gasteiger charge is -2.09. The Hall–Kier alpha value is -3.22. The number of carbonyl (C=O) groups is 2.